The van der Waals surface area contributed by atoms with Crippen LogP contribution in [-0.2, 0) is 9.59 Å². The van der Waals surface area contributed by atoms with Crippen molar-refractivity contribution in [3.05, 3.63) is 11.4 Å². The van der Waals surface area contributed by atoms with Crippen LogP contribution in [0.3, 0.4) is 0 Å². The van der Waals surface area contributed by atoms with Crippen molar-refractivity contribution in [3.63, 3.8) is 0 Å². The second kappa shape index (κ2) is 6.61. The zero-order valence-corrected chi connectivity index (χ0v) is 15.9. The molecule has 0 radical (unpaired) electrons. The zero-order valence-electron chi connectivity index (χ0n) is 15.9. The van der Waals surface area contributed by atoms with Crippen molar-refractivity contribution < 1.29 is 14.4 Å². The number of piperidine rings is 1. The third kappa shape index (κ3) is 3.19. The number of amides is 3. The molecule has 9 nitrogen and oxygen atoms in total. The van der Waals surface area contributed by atoms with Crippen molar-refractivity contribution in [1.29, 1.82) is 0 Å². The van der Waals surface area contributed by atoms with Crippen LogP contribution in [0, 0.1) is 18.3 Å². The summed E-state index contributed by atoms with van der Waals surface area (Å²) in [5.74, 6) is -0.109. The van der Waals surface area contributed by atoms with Gasteiger partial charge in [-0.1, -0.05) is 0 Å². The summed E-state index contributed by atoms with van der Waals surface area (Å²) >= 11 is 0. The van der Waals surface area contributed by atoms with Gasteiger partial charge in [-0.3, -0.25) is 14.4 Å². The van der Waals surface area contributed by atoms with Gasteiger partial charge in [0.1, 0.15) is 0 Å². The lowest BCUT2D eigenvalue weighted by molar-refractivity contribution is -0.135. The van der Waals surface area contributed by atoms with Crippen molar-refractivity contribution >= 4 is 17.7 Å². The molecular formula is C18H26N6O3. The van der Waals surface area contributed by atoms with Gasteiger partial charge in [0.2, 0.25) is 11.8 Å². The SMILES string of the molecule is Cc1n[nH]nc1C(=O)N1CCC2(CC1)CCN(C(=O)C1CC(=O)N(C)C1)C2. The molecule has 9 heteroatoms. The van der Waals surface area contributed by atoms with E-state index < -0.39 is 0 Å². The summed E-state index contributed by atoms with van der Waals surface area (Å²) in [7, 11) is 1.75. The molecule has 1 spiro atoms. The lowest BCUT2D eigenvalue weighted by atomic mass is 9.77. The number of hydrogen-bond acceptors (Lipinski definition) is 5. The number of carbonyl (C=O) groups is 3. The third-order valence-corrected chi connectivity index (χ3v) is 6.48. The molecule has 0 saturated carbocycles. The van der Waals surface area contributed by atoms with E-state index in [4.69, 9.17) is 0 Å². The van der Waals surface area contributed by atoms with Gasteiger partial charge < -0.3 is 14.7 Å². The van der Waals surface area contributed by atoms with E-state index in [1.165, 1.54) is 0 Å². The van der Waals surface area contributed by atoms with Gasteiger partial charge in [-0.15, -0.1) is 0 Å². The van der Waals surface area contributed by atoms with Crippen molar-refractivity contribution in [2.45, 2.75) is 32.6 Å². The fourth-order valence-corrected chi connectivity index (χ4v) is 4.64. The maximum absolute atomic E-state index is 12.8. The number of aryl methyl sites for hydroxylation is 1. The summed E-state index contributed by atoms with van der Waals surface area (Å²) in [6, 6.07) is 0. The van der Waals surface area contributed by atoms with Gasteiger partial charge in [0, 0.05) is 46.2 Å². The van der Waals surface area contributed by atoms with Crippen LogP contribution in [0.15, 0.2) is 0 Å². The Morgan fingerprint density at radius 3 is 2.33 bits per heavy atom. The van der Waals surface area contributed by atoms with E-state index in [0.717, 1.165) is 32.4 Å². The molecule has 4 rings (SSSR count). The number of aromatic amines is 1. The molecule has 4 heterocycles. The molecular weight excluding hydrogens is 348 g/mol. The van der Waals surface area contributed by atoms with Crippen LogP contribution in [0.4, 0.5) is 0 Å². The maximum Gasteiger partial charge on any atom is 0.276 e. The van der Waals surface area contributed by atoms with Gasteiger partial charge in [0.15, 0.2) is 5.69 Å². The summed E-state index contributed by atoms with van der Waals surface area (Å²) in [5, 5.41) is 10.4. The topological polar surface area (TPSA) is 102 Å². The number of rotatable bonds is 2. The van der Waals surface area contributed by atoms with Gasteiger partial charge >= 0.3 is 0 Å². The molecule has 3 aliphatic heterocycles. The van der Waals surface area contributed by atoms with Crippen LogP contribution < -0.4 is 0 Å². The van der Waals surface area contributed by atoms with Crippen molar-refractivity contribution in [3.8, 4) is 0 Å². The number of likely N-dealkylation sites (tertiary alicyclic amines) is 3. The summed E-state index contributed by atoms with van der Waals surface area (Å²) < 4.78 is 0. The van der Waals surface area contributed by atoms with E-state index >= 15 is 0 Å². The highest BCUT2D eigenvalue weighted by atomic mass is 16.2. The van der Waals surface area contributed by atoms with Crippen molar-refractivity contribution in [2.24, 2.45) is 11.3 Å². The van der Waals surface area contributed by atoms with Gasteiger partial charge in [-0.25, -0.2) is 0 Å². The predicted octanol–water partition coefficient (Wildman–Crippen LogP) is 0.0461. The minimum Gasteiger partial charge on any atom is -0.345 e. The normalized spacial score (nSPS) is 24.9. The van der Waals surface area contributed by atoms with E-state index in [2.05, 4.69) is 15.4 Å². The molecule has 3 saturated heterocycles. The van der Waals surface area contributed by atoms with E-state index in [-0.39, 0.29) is 29.1 Å². The molecule has 0 bridgehead atoms. The zero-order chi connectivity index (χ0) is 19.2. The molecule has 1 aromatic heterocycles. The quantitative estimate of drug-likeness (QED) is 0.788. The van der Waals surface area contributed by atoms with Gasteiger partial charge in [-0.05, 0) is 31.6 Å². The van der Waals surface area contributed by atoms with Crippen LogP contribution in [0.1, 0.15) is 41.9 Å². The minimum absolute atomic E-state index is 0.0530. The first-order chi connectivity index (χ1) is 12.9. The van der Waals surface area contributed by atoms with Crippen LogP contribution >= 0.6 is 0 Å². The molecule has 1 atom stereocenters. The van der Waals surface area contributed by atoms with Gasteiger partial charge in [-0.2, -0.15) is 15.4 Å². The fraction of sp³-hybridized carbons (Fsp3) is 0.722. The Labute approximate surface area is 158 Å². The number of nitrogens with one attached hydrogen (secondary N) is 1. The smallest absolute Gasteiger partial charge is 0.276 e. The molecule has 0 aromatic carbocycles. The highest BCUT2D eigenvalue weighted by molar-refractivity contribution is 5.93. The van der Waals surface area contributed by atoms with E-state index in [1.54, 1.807) is 18.9 Å². The Morgan fingerprint density at radius 1 is 1.11 bits per heavy atom. The maximum atomic E-state index is 12.8. The predicted molar refractivity (Wildman–Crippen MR) is 95.6 cm³/mol. The van der Waals surface area contributed by atoms with E-state index in [9.17, 15) is 14.4 Å². The van der Waals surface area contributed by atoms with Crippen LogP contribution in [-0.4, -0.2) is 87.6 Å². The summed E-state index contributed by atoms with van der Waals surface area (Å²) in [6.45, 7) is 5.15. The van der Waals surface area contributed by atoms with Crippen LogP contribution in [0.5, 0.6) is 0 Å². The van der Waals surface area contributed by atoms with E-state index in [0.29, 0.717) is 37.4 Å². The molecule has 1 unspecified atom stereocenters. The third-order valence-electron chi connectivity index (χ3n) is 6.48. The van der Waals surface area contributed by atoms with Crippen molar-refractivity contribution in [1.82, 2.24) is 30.1 Å². The molecule has 27 heavy (non-hydrogen) atoms. The van der Waals surface area contributed by atoms with E-state index in [1.807, 2.05) is 9.80 Å². The van der Waals surface area contributed by atoms with Crippen LogP contribution in [0.25, 0.3) is 0 Å². The summed E-state index contributed by atoms with van der Waals surface area (Å²) in [5.41, 5.74) is 1.11. The Balaban J connectivity index is 1.34. The number of aromatic nitrogens is 3. The molecule has 3 amide bonds. The lowest BCUT2D eigenvalue weighted by Crippen LogP contribution is -2.45. The molecule has 0 aliphatic carbocycles. The molecule has 146 valence electrons. The van der Waals surface area contributed by atoms with Gasteiger partial charge in [0.05, 0.1) is 11.6 Å². The van der Waals surface area contributed by atoms with Crippen LogP contribution in [0.2, 0.25) is 0 Å². The largest absolute Gasteiger partial charge is 0.345 e. The standard InChI is InChI=1S/C18H26N6O3/c1-12-15(20-21-19-12)17(27)23-6-3-18(4-7-23)5-8-24(11-18)16(26)13-9-14(25)22(2)10-13/h13H,3-11H2,1-2H3,(H,19,20,21). The van der Waals surface area contributed by atoms with Crippen molar-refractivity contribution in [2.75, 3.05) is 39.8 Å². The average molecular weight is 374 g/mol. The fourth-order valence-electron chi connectivity index (χ4n) is 4.64. The molecule has 3 fully saturated rings. The summed E-state index contributed by atoms with van der Waals surface area (Å²) in [4.78, 5) is 42.5. The Morgan fingerprint density at radius 2 is 1.78 bits per heavy atom. The number of nitrogens with zero attached hydrogens (tertiary/aromatic N) is 5. The monoisotopic (exact) mass is 374 g/mol. The molecule has 1 aromatic rings. The highest BCUT2D eigenvalue weighted by Gasteiger charge is 2.45. The first kappa shape index (κ1) is 17.9. The lowest BCUT2D eigenvalue weighted by Gasteiger charge is -2.39. The minimum atomic E-state index is -0.200. The molecule has 3 aliphatic rings. The Kier molecular flexibility index (Phi) is 4.39. The average Bonchev–Trinajstić information content (AvgIpc) is 3.35. The number of carbonyl (C=O) groups excluding carboxylic acids is 3. The first-order valence-corrected chi connectivity index (χ1v) is 9.58. The number of hydrogen-bond donors (Lipinski definition) is 1. The molecule has 1 N–H and O–H groups in total. The summed E-state index contributed by atoms with van der Waals surface area (Å²) in [6.07, 6.45) is 3.09. The second-order valence-electron chi connectivity index (χ2n) is 8.23. The Bertz CT molecular complexity index is 767. The second-order valence-corrected chi connectivity index (χ2v) is 8.23. The van der Waals surface area contributed by atoms with Gasteiger partial charge in [0.25, 0.3) is 5.91 Å². The Hall–Kier alpha value is -2.45. The highest BCUT2D eigenvalue weighted by Crippen LogP contribution is 2.41. The first-order valence-electron chi connectivity index (χ1n) is 9.58. The number of H-pyrrole nitrogens is 1.